The first-order chi connectivity index (χ1) is 33.3. The number of benzene rings is 4. The molecule has 6 aromatic rings. The van der Waals surface area contributed by atoms with Crippen molar-refractivity contribution in [1.29, 1.82) is 0 Å². The van der Waals surface area contributed by atoms with Gasteiger partial charge in [0.1, 0.15) is 20.1 Å². The van der Waals surface area contributed by atoms with Crippen LogP contribution in [-0.4, -0.2) is 114 Å². The molecular formula is C49H58F2N4O9S7. The quantitative estimate of drug-likeness (QED) is 0.0541. The number of anilines is 2. The third-order valence-electron chi connectivity index (χ3n) is 11.5. The Bertz CT molecular complexity index is 2970. The lowest BCUT2D eigenvalue weighted by atomic mass is 9.98. The molecule has 2 atom stereocenters. The number of halogens is 2. The second-order valence-electron chi connectivity index (χ2n) is 17.7. The van der Waals surface area contributed by atoms with E-state index in [9.17, 15) is 44.2 Å². The summed E-state index contributed by atoms with van der Waals surface area (Å²) in [4.78, 5) is 5.07. The number of nitrogens with zero attached hydrogens (tertiary/aromatic N) is 4. The summed E-state index contributed by atoms with van der Waals surface area (Å²) in [5.74, 6) is -0.0109. The summed E-state index contributed by atoms with van der Waals surface area (Å²) in [6.45, 7) is 8.66. The first-order valence-corrected chi connectivity index (χ1v) is 30.1. The monoisotopic (exact) mass is 1110 g/mol. The highest BCUT2D eigenvalue weighted by molar-refractivity contribution is 7.99. The van der Waals surface area contributed by atoms with Crippen LogP contribution in [0, 0.1) is 11.6 Å². The second kappa shape index (κ2) is 24.0. The molecule has 0 radical (unpaired) electrons. The Labute approximate surface area is 434 Å². The fourth-order valence-corrected chi connectivity index (χ4v) is 14.5. The highest BCUT2D eigenvalue weighted by atomic mass is 32.3. The minimum Gasteiger partial charge on any atom is -0.386 e. The lowest BCUT2D eigenvalue weighted by Gasteiger charge is -2.42. The lowest BCUT2D eigenvalue weighted by Crippen LogP contribution is -2.56. The van der Waals surface area contributed by atoms with Crippen molar-refractivity contribution in [2.24, 2.45) is 0 Å². The predicted octanol–water partition coefficient (Wildman–Crippen LogP) is 8.73. The molecule has 0 amide bonds. The van der Waals surface area contributed by atoms with E-state index in [1.165, 1.54) is 43.8 Å². The summed E-state index contributed by atoms with van der Waals surface area (Å²) < 4.78 is 110. The van der Waals surface area contributed by atoms with Gasteiger partial charge in [0.25, 0.3) is 30.2 Å². The molecule has 4 aromatic carbocycles. The third-order valence-corrected chi connectivity index (χ3v) is 20.1. The van der Waals surface area contributed by atoms with Crippen molar-refractivity contribution in [3.05, 3.63) is 155 Å². The first-order valence-electron chi connectivity index (χ1n) is 22.3. The Kier molecular flexibility index (Phi) is 19.0. The Balaban J connectivity index is 0.000000201. The van der Waals surface area contributed by atoms with Gasteiger partial charge in [-0.15, -0.1) is 47.1 Å². The van der Waals surface area contributed by atoms with Crippen molar-refractivity contribution >= 4 is 88.6 Å². The van der Waals surface area contributed by atoms with Crippen LogP contribution in [0.5, 0.6) is 0 Å². The number of sulfonamides is 2. The van der Waals surface area contributed by atoms with Gasteiger partial charge in [-0.05, 0) is 110 Å². The van der Waals surface area contributed by atoms with Gasteiger partial charge in [0.2, 0.25) is 0 Å². The molecule has 2 saturated heterocycles. The van der Waals surface area contributed by atoms with Gasteiger partial charge in [0.05, 0.1) is 36.1 Å². The van der Waals surface area contributed by atoms with Crippen LogP contribution in [0.4, 0.5) is 20.2 Å². The van der Waals surface area contributed by atoms with Gasteiger partial charge in [-0.1, -0.05) is 60.7 Å². The topological polar surface area (TPSA) is 165 Å². The van der Waals surface area contributed by atoms with Crippen LogP contribution in [0.3, 0.4) is 0 Å². The molecular weight excluding hydrogens is 1050 g/mol. The highest BCUT2D eigenvalue weighted by Gasteiger charge is 2.37. The van der Waals surface area contributed by atoms with Crippen LogP contribution in [-0.2, 0) is 45.5 Å². The maximum absolute atomic E-state index is 14.2. The zero-order valence-electron chi connectivity index (χ0n) is 39.7. The van der Waals surface area contributed by atoms with Gasteiger partial charge in [0.15, 0.2) is 0 Å². The summed E-state index contributed by atoms with van der Waals surface area (Å²) in [5, 5.41) is 23.9. The van der Waals surface area contributed by atoms with E-state index in [-0.39, 0.29) is 41.6 Å². The van der Waals surface area contributed by atoms with Gasteiger partial charge < -0.3 is 20.0 Å². The number of thiol groups is 1. The molecule has 0 aliphatic carbocycles. The molecule has 71 heavy (non-hydrogen) atoms. The smallest absolute Gasteiger partial charge is 0.264 e. The van der Waals surface area contributed by atoms with E-state index in [4.69, 9.17) is 4.18 Å². The number of piperazine rings is 2. The van der Waals surface area contributed by atoms with Crippen LogP contribution in [0.2, 0.25) is 0 Å². The first kappa shape index (κ1) is 56.4. The summed E-state index contributed by atoms with van der Waals surface area (Å²) in [6, 6.07) is 34.0. The average Bonchev–Trinajstić information content (AvgIpc) is 4.09. The Morgan fingerprint density at radius 1 is 0.620 bits per heavy atom. The standard InChI is InChI=1S/C24H27FN2O3S3.C19H26N2O6S3.C6H5FS/c1-24(2,28)18-9-11-19(12-10-18)27-14-13-26(33(29,30)23-8-5-15-31-23)16-20(27)17-32-22-7-4-3-6-21(22)25;1-19(2,22)15-6-8-16(9-7-15)21-11-10-20(13-17(21)14-27-29(3,23)24)30(25,26)18-5-4-12-28-18;7-5-3-1-2-4-6(5)8/h3-12,15,20,28H,13-14,16-17H2,1-2H3;4-9,12,17,22H,10-11,13-14H2,1-3H3;1-4,8H/t20-;17-;/m11./s1. The van der Waals surface area contributed by atoms with Crippen LogP contribution < -0.4 is 9.80 Å². The third kappa shape index (κ3) is 15.3. The molecule has 8 rings (SSSR count). The van der Waals surface area contributed by atoms with E-state index in [1.54, 1.807) is 111 Å². The number of rotatable bonds is 14. The van der Waals surface area contributed by atoms with Crippen LogP contribution in [0.1, 0.15) is 38.8 Å². The summed E-state index contributed by atoms with van der Waals surface area (Å²) in [7, 11) is -10.9. The fourth-order valence-electron chi connectivity index (χ4n) is 7.65. The number of hydrogen-bond donors (Lipinski definition) is 3. The fraction of sp³-hybridized carbons (Fsp3) is 0.347. The van der Waals surface area contributed by atoms with Crippen molar-refractivity contribution in [1.82, 2.24) is 8.61 Å². The molecule has 2 N–H and O–H groups in total. The summed E-state index contributed by atoms with van der Waals surface area (Å²) in [6.07, 6.45) is 0.971. The van der Waals surface area contributed by atoms with Gasteiger partial charge >= 0.3 is 0 Å². The number of thioether (sulfide) groups is 1. The molecule has 0 bridgehead atoms. The zero-order valence-corrected chi connectivity index (χ0v) is 45.5. The van der Waals surface area contributed by atoms with E-state index >= 15 is 0 Å². The largest absolute Gasteiger partial charge is 0.386 e. The van der Waals surface area contributed by atoms with Gasteiger partial charge in [-0.2, -0.15) is 17.0 Å². The predicted molar refractivity (Wildman–Crippen MR) is 283 cm³/mol. The molecule has 2 aliphatic heterocycles. The molecule has 22 heteroatoms. The maximum atomic E-state index is 14.2. The molecule has 0 saturated carbocycles. The Morgan fingerprint density at radius 2 is 1.06 bits per heavy atom. The molecule has 13 nitrogen and oxygen atoms in total. The molecule has 2 aliphatic rings. The Morgan fingerprint density at radius 3 is 1.45 bits per heavy atom. The van der Waals surface area contributed by atoms with E-state index in [1.807, 2.05) is 41.3 Å². The molecule has 0 unspecified atom stereocenters. The van der Waals surface area contributed by atoms with E-state index in [2.05, 4.69) is 17.5 Å². The number of thiophene rings is 2. The maximum Gasteiger partial charge on any atom is 0.264 e. The number of aliphatic hydroxyl groups is 2. The second-order valence-corrected chi connectivity index (χ2v) is 27.1. The summed E-state index contributed by atoms with van der Waals surface area (Å²) >= 11 is 7.58. The molecule has 0 spiro atoms. The SMILES string of the molecule is CC(C)(O)c1ccc(N2CCN(S(=O)(=O)c3cccs3)C[C@@H]2COS(C)(=O)=O)cc1.CC(C)(O)c1ccc(N2CCN(S(=O)(=O)c3cccs3)C[C@@H]2CSc2ccccc2F)cc1.Fc1ccccc1S. The van der Waals surface area contributed by atoms with Crippen LogP contribution in [0.15, 0.2) is 150 Å². The van der Waals surface area contributed by atoms with Crippen molar-refractivity contribution in [3.63, 3.8) is 0 Å². The van der Waals surface area contributed by atoms with Crippen molar-refractivity contribution in [3.8, 4) is 0 Å². The molecule has 2 aromatic heterocycles. The van der Waals surface area contributed by atoms with Crippen LogP contribution in [0.25, 0.3) is 0 Å². The minimum atomic E-state index is -3.68. The molecule has 384 valence electrons. The normalized spacial score (nSPS) is 17.5. The van der Waals surface area contributed by atoms with Crippen molar-refractivity contribution in [2.45, 2.75) is 69.2 Å². The van der Waals surface area contributed by atoms with Gasteiger partial charge in [0, 0.05) is 66.2 Å². The van der Waals surface area contributed by atoms with Crippen molar-refractivity contribution < 1.29 is 48.4 Å². The zero-order chi connectivity index (χ0) is 51.8. The Hall–Kier alpha value is -3.91. The average molecular weight is 1110 g/mol. The van der Waals surface area contributed by atoms with Gasteiger partial charge in [-0.25, -0.2) is 25.6 Å². The van der Waals surface area contributed by atoms with Crippen LogP contribution >= 0.6 is 47.1 Å². The molecule has 2 fully saturated rings. The molecule has 4 heterocycles. The van der Waals surface area contributed by atoms with Crippen molar-refractivity contribution in [2.75, 3.05) is 67.7 Å². The van der Waals surface area contributed by atoms with Gasteiger partial charge in [-0.3, -0.25) is 4.18 Å². The highest BCUT2D eigenvalue weighted by Crippen LogP contribution is 2.33. The van der Waals surface area contributed by atoms with E-state index < -0.39 is 47.4 Å². The summed E-state index contributed by atoms with van der Waals surface area (Å²) in [5.41, 5.74) is 1.39. The number of hydrogen-bond acceptors (Lipinski definition) is 15. The van der Waals surface area contributed by atoms with E-state index in [0.717, 1.165) is 40.1 Å². The minimum absolute atomic E-state index is 0.100. The lowest BCUT2D eigenvalue weighted by molar-refractivity contribution is 0.0780. The van der Waals surface area contributed by atoms with E-state index in [0.29, 0.717) is 45.9 Å².